The fourth-order valence-electron chi connectivity index (χ4n) is 1.02. The highest BCUT2D eigenvalue weighted by molar-refractivity contribution is 7.80. The molecule has 0 atom stereocenters. The first kappa shape index (κ1) is 11.4. The Labute approximate surface area is 93.9 Å². The minimum Gasteiger partial charge on any atom is -0.363 e. The van der Waals surface area contributed by atoms with Crippen molar-refractivity contribution in [2.24, 2.45) is 0 Å². The number of thiocarbonyl (C=S) groups is 1. The zero-order valence-electron chi connectivity index (χ0n) is 8.46. The Balaban J connectivity index is 2.18. The third-order valence-corrected chi connectivity index (χ3v) is 2.94. The summed E-state index contributed by atoms with van der Waals surface area (Å²) in [5.74, 6) is 0. The van der Waals surface area contributed by atoms with E-state index in [0.717, 1.165) is 35.3 Å². The van der Waals surface area contributed by atoms with Crippen LogP contribution in [0.4, 0.5) is 0 Å². The van der Waals surface area contributed by atoms with Gasteiger partial charge in [-0.3, -0.25) is 0 Å². The first-order valence-corrected chi connectivity index (χ1v) is 5.94. The van der Waals surface area contributed by atoms with Gasteiger partial charge in [-0.25, -0.2) is 4.98 Å². The van der Waals surface area contributed by atoms with E-state index in [0.29, 0.717) is 0 Å². The number of thiazole rings is 1. The lowest BCUT2D eigenvalue weighted by Gasteiger charge is -2.06. The average Bonchev–Trinajstić information content (AvgIpc) is 2.52. The van der Waals surface area contributed by atoms with Gasteiger partial charge in [0.05, 0.1) is 5.01 Å². The molecule has 0 radical (unpaired) electrons. The van der Waals surface area contributed by atoms with E-state index < -0.39 is 0 Å². The first-order valence-electron chi connectivity index (χ1n) is 4.65. The van der Waals surface area contributed by atoms with E-state index in [9.17, 15) is 0 Å². The van der Waals surface area contributed by atoms with Gasteiger partial charge < -0.3 is 10.6 Å². The molecule has 78 valence electrons. The number of rotatable bonds is 4. The van der Waals surface area contributed by atoms with E-state index >= 15 is 0 Å². The van der Waals surface area contributed by atoms with Crippen LogP contribution < -0.4 is 10.6 Å². The normalized spacial score (nSPS) is 9.86. The van der Waals surface area contributed by atoms with Crippen LogP contribution in [0, 0.1) is 6.92 Å². The molecule has 3 nitrogen and oxygen atoms in total. The number of aromatic nitrogens is 1. The molecule has 0 saturated carbocycles. The highest BCUT2D eigenvalue weighted by Crippen LogP contribution is 2.08. The number of nitrogens with one attached hydrogen (secondary N) is 2. The van der Waals surface area contributed by atoms with Gasteiger partial charge >= 0.3 is 0 Å². The Bertz CT molecular complexity index is 296. The molecule has 1 rings (SSSR count). The van der Waals surface area contributed by atoms with Crippen LogP contribution >= 0.6 is 23.6 Å². The van der Waals surface area contributed by atoms with Crippen molar-refractivity contribution in [3.05, 3.63) is 16.1 Å². The van der Waals surface area contributed by atoms with Gasteiger partial charge in [-0.2, -0.15) is 0 Å². The van der Waals surface area contributed by atoms with Gasteiger partial charge in [-0.1, -0.05) is 0 Å². The molecule has 14 heavy (non-hydrogen) atoms. The van der Waals surface area contributed by atoms with Gasteiger partial charge in [-0.05, 0) is 26.1 Å². The molecule has 5 heteroatoms. The molecule has 0 spiro atoms. The maximum absolute atomic E-state index is 5.03. The van der Waals surface area contributed by atoms with E-state index in [-0.39, 0.29) is 0 Å². The molecule has 1 heterocycles. The number of hydrogen-bond donors (Lipinski definition) is 2. The number of nitrogens with zero attached hydrogens (tertiary/aromatic N) is 1. The van der Waals surface area contributed by atoms with Crippen molar-refractivity contribution in [3.8, 4) is 0 Å². The fourth-order valence-corrected chi connectivity index (χ4v) is 2.05. The number of hydrogen-bond acceptors (Lipinski definition) is 3. The smallest absolute Gasteiger partial charge is 0.166 e. The van der Waals surface area contributed by atoms with Crippen molar-refractivity contribution in [2.75, 3.05) is 13.1 Å². The van der Waals surface area contributed by atoms with Crippen LogP contribution in [0.15, 0.2) is 5.38 Å². The molecule has 0 saturated heterocycles. The van der Waals surface area contributed by atoms with Crippen LogP contribution in [0.5, 0.6) is 0 Å². The van der Waals surface area contributed by atoms with E-state index in [2.05, 4.69) is 21.0 Å². The van der Waals surface area contributed by atoms with Crippen LogP contribution in [-0.2, 0) is 6.42 Å². The minimum absolute atomic E-state index is 0.723. The second-order valence-corrected chi connectivity index (χ2v) is 4.27. The van der Waals surface area contributed by atoms with Gasteiger partial charge in [0.25, 0.3) is 0 Å². The van der Waals surface area contributed by atoms with Crippen molar-refractivity contribution in [1.82, 2.24) is 15.6 Å². The van der Waals surface area contributed by atoms with Crippen LogP contribution in [0.3, 0.4) is 0 Å². The summed E-state index contributed by atoms with van der Waals surface area (Å²) in [5, 5.41) is 10.1. The first-order chi connectivity index (χ1) is 6.72. The summed E-state index contributed by atoms with van der Waals surface area (Å²) in [6, 6.07) is 0. The van der Waals surface area contributed by atoms with Crippen LogP contribution in [0.2, 0.25) is 0 Å². The van der Waals surface area contributed by atoms with Crippen molar-refractivity contribution in [2.45, 2.75) is 20.3 Å². The summed E-state index contributed by atoms with van der Waals surface area (Å²) < 4.78 is 0. The quantitative estimate of drug-likeness (QED) is 0.767. The zero-order chi connectivity index (χ0) is 10.4. The standard InChI is InChI=1S/C9H15N3S2/c1-3-10-9(13)11-5-4-8-12-7(2)6-14-8/h6H,3-5H2,1-2H3,(H2,10,11,13). The van der Waals surface area contributed by atoms with E-state index in [1.165, 1.54) is 0 Å². The van der Waals surface area contributed by atoms with Gasteiger partial charge in [0.1, 0.15) is 0 Å². The zero-order valence-corrected chi connectivity index (χ0v) is 10.1. The largest absolute Gasteiger partial charge is 0.363 e. The summed E-state index contributed by atoms with van der Waals surface area (Å²) in [4.78, 5) is 4.37. The van der Waals surface area contributed by atoms with E-state index in [4.69, 9.17) is 12.2 Å². The fraction of sp³-hybridized carbons (Fsp3) is 0.556. The molecule has 0 aliphatic carbocycles. The third kappa shape index (κ3) is 4.02. The Kier molecular flexibility index (Phi) is 4.82. The Morgan fingerprint density at radius 1 is 1.57 bits per heavy atom. The Morgan fingerprint density at radius 2 is 2.36 bits per heavy atom. The van der Waals surface area contributed by atoms with Crippen molar-refractivity contribution < 1.29 is 0 Å². The second kappa shape index (κ2) is 5.93. The molecule has 0 fully saturated rings. The molecular formula is C9H15N3S2. The highest BCUT2D eigenvalue weighted by atomic mass is 32.1. The molecule has 0 amide bonds. The molecule has 0 unspecified atom stereocenters. The lowest BCUT2D eigenvalue weighted by atomic mass is 10.4. The SMILES string of the molecule is CCNC(=S)NCCc1nc(C)cs1. The molecule has 0 aliphatic rings. The van der Waals surface area contributed by atoms with Gasteiger partial charge in [0, 0.05) is 30.6 Å². The summed E-state index contributed by atoms with van der Waals surface area (Å²) >= 11 is 6.73. The summed E-state index contributed by atoms with van der Waals surface area (Å²) in [5.41, 5.74) is 1.10. The molecule has 0 bridgehead atoms. The second-order valence-electron chi connectivity index (χ2n) is 2.92. The highest BCUT2D eigenvalue weighted by Gasteiger charge is 1.98. The van der Waals surface area contributed by atoms with Crippen LogP contribution in [0.1, 0.15) is 17.6 Å². The predicted molar refractivity (Wildman–Crippen MR) is 64.8 cm³/mol. The van der Waals surface area contributed by atoms with Gasteiger partial charge in [0.2, 0.25) is 0 Å². The Morgan fingerprint density at radius 3 is 2.93 bits per heavy atom. The predicted octanol–water partition coefficient (Wildman–Crippen LogP) is 1.48. The van der Waals surface area contributed by atoms with Gasteiger partial charge in [-0.15, -0.1) is 11.3 Å². The summed E-state index contributed by atoms with van der Waals surface area (Å²) in [6.45, 7) is 5.75. The number of aryl methyl sites for hydroxylation is 1. The van der Waals surface area contributed by atoms with Gasteiger partial charge in [0.15, 0.2) is 5.11 Å². The minimum atomic E-state index is 0.723. The maximum atomic E-state index is 5.03. The monoisotopic (exact) mass is 229 g/mol. The van der Waals surface area contributed by atoms with Crippen molar-refractivity contribution in [3.63, 3.8) is 0 Å². The van der Waals surface area contributed by atoms with Crippen LogP contribution in [-0.4, -0.2) is 23.2 Å². The molecular weight excluding hydrogens is 214 g/mol. The molecule has 0 aromatic carbocycles. The van der Waals surface area contributed by atoms with Crippen LogP contribution in [0.25, 0.3) is 0 Å². The molecule has 1 aromatic rings. The third-order valence-electron chi connectivity index (χ3n) is 1.63. The van der Waals surface area contributed by atoms with E-state index in [1.807, 2.05) is 13.8 Å². The summed E-state index contributed by atoms with van der Waals surface area (Å²) in [7, 11) is 0. The lowest BCUT2D eigenvalue weighted by Crippen LogP contribution is -2.36. The van der Waals surface area contributed by atoms with E-state index in [1.54, 1.807) is 11.3 Å². The topological polar surface area (TPSA) is 37.0 Å². The molecule has 0 aliphatic heterocycles. The Hall–Kier alpha value is -0.680. The molecule has 2 N–H and O–H groups in total. The lowest BCUT2D eigenvalue weighted by molar-refractivity contribution is 0.823. The maximum Gasteiger partial charge on any atom is 0.166 e. The molecule has 1 aromatic heterocycles. The van der Waals surface area contributed by atoms with Crippen molar-refractivity contribution >= 4 is 28.7 Å². The van der Waals surface area contributed by atoms with Crippen molar-refractivity contribution in [1.29, 1.82) is 0 Å². The average molecular weight is 229 g/mol. The summed E-state index contributed by atoms with van der Waals surface area (Å²) in [6.07, 6.45) is 0.935.